The molecular weight excluding hydrogens is 294 g/mol. The molecule has 1 aliphatic rings. The van der Waals surface area contributed by atoms with Crippen LogP contribution in [0.2, 0.25) is 0 Å². The molecule has 4 nitrogen and oxygen atoms in total. The number of nitrogens with zero attached hydrogens (tertiary/aromatic N) is 3. The summed E-state index contributed by atoms with van der Waals surface area (Å²) in [5.74, 6) is 0. The molecule has 2 atom stereocenters. The lowest BCUT2D eigenvalue weighted by Gasteiger charge is -2.36. The largest absolute Gasteiger partial charge is 0.371 e. The molecule has 0 spiro atoms. The number of aryl methyl sites for hydroxylation is 2. The first-order valence-electron chi connectivity index (χ1n) is 7.41. The van der Waals surface area contributed by atoms with Gasteiger partial charge in [0, 0.05) is 13.1 Å². The minimum Gasteiger partial charge on any atom is -0.371 e. The van der Waals surface area contributed by atoms with Crippen molar-refractivity contribution in [3.63, 3.8) is 0 Å². The van der Waals surface area contributed by atoms with Gasteiger partial charge >= 0.3 is 0 Å². The summed E-state index contributed by atoms with van der Waals surface area (Å²) in [4.78, 5) is 7.54. The van der Waals surface area contributed by atoms with Crippen LogP contribution < -0.4 is 0 Å². The lowest BCUT2D eigenvalue weighted by atomic mass is 10.0. The summed E-state index contributed by atoms with van der Waals surface area (Å²) in [7, 11) is 0. The van der Waals surface area contributed by atoms with Crippen molar-refractivity contribution < 1.29 is 4.74 Å². The highest BCUT2D eigenvalue weighted by atomic mass is 32.1. The van der Waals surface area contributed by atoms with E-state index in [1.807, 2.05) is 24.6 Å². The Balaban J connectivity index is 1.82. The Morgan fingerprint density at radius 1 is 1.41 bits per heavy atom. The molecular formula is C17H19N3OS. The molecule has 0 bridgehead atoms. The predicted octanol–water partition coefficient (Wildman–Crippen LogP) is 3.40. The smallest absolute Gasteiger partial charge is 0.135 e. The molecule has 1 aromatic heterocycles. The first kappa shape index (κ1) is 15.2. The third-order valence-electron chi connectivity index (χ3n) is 4.15. The highest BCUT2D eigenvalue weighted by Gasteiger charge is 2.30. The molecule has 2 heterocycles. The van der Waals surface area contributed by atoms with E-state index in [1.165, 1.54) is 11.1 Å². The van der Waals surface area contributed by atoms with Gasteiger partial charge in [0.1, 0.15) is 6.04 Å². The SMILES string of the molecule is Cc1ccccc1C1CN(C(C#N)c2scnc2C)CCO1. The zero-order valence-electron chi connectivity index (χ0n) is 12.8. The minimum atomic E-state index is -0.233. The van der Waals surface area contributed by atoms with Crippen molar-refractivity contribution in [1.82, 2.24) is 9.88 Å². The number of benzene rings is 1. The number of rotatable bonds is 3. The van der Waals surface area contributed by atoms with E-state index in [-0.39, 0.29) is 12.1 Å². The number of hydrogen-bond donors (Lipinski definition) is 0. The summed E-state index contributed by atoms with van der Waals surface area (Å²) in [5, 5.41) is 9.63. The van der Waals surface area contributed by atoms with E-state index in [0.717, 1.165) is 23.7 Å². The van der Waals surface area contributed by atoms with Gasteiger partial charge in [0.05, 0.1) is 34.9 Å². The molecule has 1 aliphatic heterocycles. The lowest BCUT2D eigenvalue weighted by molar-refractivity contribution is -0.0383. The number of nitriles is 1. The summed E-state index contributed by atoms with van der Waals surface area (Å²) in [6.07, 6.45) is 0.0269. The highest BCUT2D eigenvalue weighted by Crippen LogP contribution is 2.32. The van der Waals surface area contributed by atoms with Crippen LogP contribution in [0.4, 0.5) is 0 Å². The number of morpholine rings is 1. The van der Waals surface area contributed by atoms with Crippen LogP contribution in [0.25, 0.3) is 0 Å². The molecule has 22 heavy (non-hydrogen) atoms. The molecule has 114 valence electrons. The second-order valence-electron chi connectivity index (χ2n) is 5.54. The zero-order valence-corrected chi connectivity index (χ0v) is 13.6. The average molecular weight is 313 g/mol. The maximum atomic E-state index is 9.63. The maximum Gasteiger partial charge on any atom is 0.135 e. The zero-order chi connectivity index (χ0) is 15.5. The molecule has 3 rings (SSSR count). The van der Waals surface area contributed by atoms with Gasteiger partial charge in [-0.15, -0.1) is 11.3 Å². The van der Waals surface area contributed by atoms with Crippen LogP contribution in [0.5, 0.6) is 0 Å². The molecule has 0 radical (unpaired) electrons. The van der Waals surface area contributed by atoms with E-state index in [4.69, 9.17) is 4.74 Å². The molecule has 2 aromatic rings. The summed E-state index contributed by atoms with van der Waals surface area (Å²) < 4.78 is 5.95. The molecule has 1 fully saturated rings. The van der Waals surface area contributed by atoms with E-state index in [1.54, 1.807) is 11.3 Å². The van der Waals surface area contributed by atoms with E-state index in [0.29, 0.717) is 6.61 Å². The van der Waals surface area contributed by atoms with E-state index in [2.05, 4.69) is 35.0 Å². The van der Waals surface area contributed by atoms with Crippen LogP contribution in [0.1, 0.15) is 33.8 Å². The molecule has 2 unspecified atom stereocenters. The topological polar surface area (TPSA) is 49.2 Å². The normalized spacial score (nSPS) is 20.5. The van der Waals surface area contributed by atoms with Gasteiger partial charge in [0.15, 0.2) is 0 Å². The Morgan fingerprint density at radius 2 is 2.23 bits per heavy atom. The fourth-order valence-electron chi connectivity index (χ4n) is 2.92. The summed E-state index contributed by atoms with van der Waals surface area (Å²) >= 11 is 1.56. The Hall–Kier alpha value is -1.74. The predicted molar refractivity (Wildman–Crippen MR) is 86.7 cm³/mol. The second-order valence-corrected chi connectivity index (χ2v) is 6.43. The average Bonchev–Trinajstić information content (AvgIpc) is 2.95. The quantitative estimate of drug-likeness (QED) is 0.871. The Morgan fingerprint density at radius 3 is 2.91 bits per heavy atom. The standard InChI is InChI=1S/C17H19N3OS/c1-12-5-3-4-6-14(12)16-10-20(7-8-21-16)15(9-18)17-13(2)19-11-22-17/h3-6,11,15-16H,7-8,10H2,1-2H3. The highest BCUT2D eigenvalue weighted by molar-refractivity contribution is 7.09. The monoisotopic (exact) mass is 313 g/mol. The van der Waals surface area contributed by atoms with Crippen molar-refractivity contribution >= 4 is 11.3 Å². The van der Waals surface area contributed by atoms with E-state index >= 15 is 0 Å². The third kappa shape index (κ3) is 2.91. The van der Waals surface area contributed by atoms with E-state index < -0.39 is 0 Å². The van der Waals surface area contributed by atoms with Crippen LogP contribution >= 0.6 is 11.3 Å². The summed E-state index contributed by atoms with van der Waals surface area (Å²) in [5.41, 5.74) is 5.21. The molecule has 1 saturated heterocycles. The van der Waals surface area contributed by atoms with Crippen molar-refractivity contribution in [1.29, 1.82) is 5.26 Å². The van der Waals surface area contributed by atoms with Crippen molar-refractivity contribution in [2.24, 2.45) is 0 Å². The van der Waals surface area contributed by atoms with Crippen LogP contribution in [0, 0.1) is 25.2 Å². The molecule has 1 aromatic carbocycles. The first-order chi connectivity index (χ1) is 10.7. The molecule has 0 saturated carbocycles. The summed E-state index contributed by atoms with van der Waals surface area (Å²) in [6, 6.07) is 10.5. The molecule has 0 aliphatic carbocycles. The molecule has 5 heteroatoms. The van der Waals surface area contributed by atoms with Crippen molar-refractivity contribution in [3.05, 3.63) is 51.5 Å². The maximum absolute atomic E-state index is 9.63. The van der Waals surface area contributed by atoms with Gasteiger partial charge in [-0.05, 0) is 25.0 Å². The van der Waals surface area contributed by atoms with Gasteiger partial charge in [0.2, 0.25) is 0 Å². The van der Waals surface area contributed by atoms with Gasteiger partial charge < -0.3 is 4.74 Å². The number of ether oxygens (including phenoxy) is 1. The Bertz CT molecular complexity index is 691. The second kappa shape index (κ2) is 6.57. The third-order valence-corrected chi connectivity index (χ3v) is 5.14. The number of hydrogen-bond acceptors (Lipinski definition) is 5. The van der Waals surface area contributed by atoms with Crippen molar-refractivity contribution in [3.8, 4) is 6.07 Å². The number of thiazole rings is 1. The van der Waals surface area contributed by atoms with Gasteiger partial charge in [-0.3, -0.25) is 4.90 Å². The van der Waals surface area contributed by atoms with Crippen molar-refractivity contribution in [2.75, 3.05) is 19.7 Å². The fraction of sp³-hybridized carbons (Fsp3) is 0.412. The number of aromatic nitrogens is 1. The van der Waals surface area contributed by atoms with Crippen LogP contribution in [0.15, 0.2) is 29.8 Å². The van der Waals surface area contributed by atoms with Gasteiger partial charge in [-0.2, -0.15) is 5.26 Å². The minimum absolute atomic E-state index is 0.0269. The first-order valence-corrected chi connectivity index (χ1v) is 8.29. The molecule has 0 amide bonds. The van der Waals surface area contributed by atoms with Gasteiger partial charge in [-0.25, -0.2) is 4.98 Å². The van der Waals surface area contributed by atoms with Crippen LogP contribution in [-0.2, 0) is 4.74 Å². The Kier molecular flexibility index (Phi) is 4.53. The lowest BCUT2D eigenvalue weighted by Crippen LogP contribution is -2.40. The van der Waals surface area contributed by atoms with Crippen molar-refractivity contribution in [2.45, 2.75) is 26.0 Å². The Labute approximate surface area is 135 Å². The summed E-state index contributed by atoms with van der Waals surface area (Å²) in [6.45, 7) is 6.23. The van der Waals surface area contributed by atoms with Gasteiger partial charge in [-0.1, -0.05) is 24.3 Å². The van der Waals surface area contributed by atoms with Crippen LogP contribution in [-0.4, -0.2) is 29.6 Å². The molecule has 0 N–H and O–H groups in total. The fourth-order valence-corrected chi connectivity index (χ4v) is 3.80. The van der Waals surface area contributed by atoms with Crippen LogP contribution in [0.3, 0.4) is 0 Å². The van der Waals surface area contributed by atoms with E-state index in [9.17, 15) is 5.26 Å². The van der Waals surface area contributed by atoms with Gasteiger partial charge in [0.25, 0.3) is 0 Å².